The molecule has 1 unspecified atom stereocenters. The number of carbonyl (C=O) groups excluding carboxylic acids is 1. The van der Waals surface area contributed by atoms with Gasteiger partial charge in [0.15, 0.2) is 0 Å². The molecule has 106 valence electrons. The van der Waals surface area contributed by atoms with Crippen molar-refractivity contribution in [3.8, 4) is 0 Å². The van der Waals surface area contributed by atoms with Crippen molar-refractivity contribution in [2.75, 3.05) is 20.2 Å². The lowest BCUT2D eigenvalue weighted by molar-refractivity contribution is -0.144. The molecule has 0 heterocycles. The monoisotopic (exact) mass is 256 g/mol. The molecule has 1 aliphatic rings. The summed E-state index contributed by atoms with van der Waals surface area (Å²) < 4.78 is 4.92. The van der Waals surface area contributed by atoms with Gasteiger partial charge in [0, 0.05) is 12.6 Å². The lowest BCUT2D eigenvalue weighted by Gasteiger charge is -2.27. The number of esters is 1. The lowest BCUT2D eigenvalue weighted by atomic mass is 10.1. The zero-order valence-corrected chi connectivity index (χ0v) is 11.9. The minimum Gasteiger partial charge on any atom is -0.465 e. The van der Waals surface area contributed by atoms with E-state index >= 15 is 0 Å². The maximum absolute atomic E-state index is 11.4. The third-order valence-electron chi connectivity index (χ3n) is 3.83. The van der Waals surface area contributed by atoms with Crippen molar-refractivity contribution in [3.05, 3.63) is 0 Å². The predicted molar refractivity (Wildman–Crippen MR) is 73.3 cm³/mol. The Morgan fingerprint density at radius 3 is 2.50 bits per heavy atom. The van der Waals surface area contributed by atoms with Crippen molar-refractivity contribution in [2.24, 2.45) is 5.73 Å². The predicted octanol–water partition coefficient (Wildman–Crippen LogP) is 1.92. The molecule has 0 aromatic rings. The molecule has 1 saturated carbocycles. The molecule has 1 atom stereocenters. The van der Waals surface area contributed by atoms with E-state index in [0.717, 1.165) is 6.54 Å². The second-order valence-corrected chi connectivity index (χ2v) is 5.27. The molecule has 0 amide bonds. The first-order valence-corrected chi connectivity index (χ1v) is 7.27. The van der Waals surface area contributed by atoms with Gasteiger partial charge in [0.25, 0.3) is 0 Å². The summed E-state index contributed by atoms with van der Waals surface area (Å²) in [5, 5.41) is 0. The lowest BCUT2D eigenvalue weighted by Crippen LogP contribution is -2.39. The van der Waals surface area contributed by atoms with E-state index in [4.69, 9.17) is 10.5 Å². The summed E-state index contributed by atoms with van der Waals surface area (Å²) in [6.07, 6.45) is 8.65. The van der Waals surface area contributed by atoms with E-state index < -0.39 is 6.04 Å². The van der Waals surface area contributed by atoms with Gasteiger partial charge >= 0.3 is 5.97 Å². The molecule has 1 aliphatic carbocycles. The first-order chi connectivity index (χ1) is 8.65. The van der Waals surface area contributed by atoms with Gasteiger partial charge in [-0.25, -0.2) is 0 Å². The molecular weight excluding hydrogens is 228 g/mol. The maximum atomic E-state index is 11.4. The zero-order chi connectivity index (χ0) is 13.4. The van der Waals surface area contributed by atoms with Crippen molar-refractivity contribution in [1.82, 2.24) is 4.90 Å². The third-order valence-corrected chi connectivity index (χ3v) is 3.83. The Kier molecular flexibility index (Phi) is 7.28. The van der Waals surface area contributed by atoms with E-state index in [9.17, 15) is 4.79 Å². The van der Waals surface area contributed by atoms with Crippen LogP contribution in [-0.4, -0.2) is 43.2 Å². The highest BCUT2D eigenvalue weighted by Gasteiger charge is 2.19. The fraction of sp³-hybridized carbons (Fsp3) is 0.929. The highest BCUT2D eigenvalue weighted by molar-refractivity contribution is 5.75. The molecule has 1 rings (SSSR count). The smallest absolute Gasteiger partial charge is 0.322 e. The van der Waals surface area contributed by atoms with Gasteiger partial charge in [-0.15, -0.1) is 0 Å². The average molecular weight is 256 g/mol. The molecule has 0 spiro atoms. The summed E-state index contributed by atoms with van der Waals surface area (Å²) in [5.74, 6) is -0.272. The van der Waals surface area contributed by atoms with E-state index in [-0.39, 0.29) is 5.97 Å². The number of nitrogens with zero attached hydrogens (tertiary/aromatic N) is 1. The van der Waals surface area contributed by atoms with Gasteiger partial charge in [0.1, 0.15) is 6.04 Å². The fourth-order valence-electron chi connectivity index (χ4n) is 2.59. The SMILES string of the molecule is CCOC(=O)C(N)CCN(C)C1CCCCCC1. The fourth-order valence-corrected chi connectivity index (χ4v) is 2.59. The maximum Gasteiger partial charge on any atom is 0.322 e. The largest absolute Gasteiger partial charge is 0.465 e. The summed E-state index contributed by atoms with van der Waals surface area (Å²) in [4.78, 5) is 13.8. The summed E-state index contributed by atoms with van der Waals surface area (Å²) in [5.41, 5.74) is 5.81. The summed E-state index contributed by atoms with van der Waals surface area (Å²) >= 11 is 0. The Morgan fingerprint density at radius 1 is 1.33 bits per heavy atom. The molecule has 1 fully saturated rings. The summed E-state index contributed by atoms with van der Waals surface area (Å²) in [6.45, 7) is 3.10. The van der Waals surface area contributed by atoms with Gasteiger partial charge in [0.2, 0.25) is 0 Å². The normalized spacial score (nSPS) is 19.6. The zero-order valence-electron chi connectivity index (χ0n) is 11.9. The van der Waals surface area contributed by atoms with Crippen LogP contribution in [-0.2, 0) is 9.53 Å². The van der Waals surface area contributed by atoms with Crippen LogP contribution in [0.5, 0.6) is 0 Å². The summed E-state index contributed by atoms with van der Waals surface area (Å²) in [6, 6.07) is 0.195. The average Bonchev–Trinajstić information content (AvgIpc) is 2.64. The molecule has 18 heavy (non-hydrogen) atoms. The second kappa shape index (κ2) is 8.48. The van der Waals surface area contributed by atoms with Crippen LogP contribution >= 0.6 is 0 Å². The highest BCUT2D eigenvalue weighted by Crippen LogP contribution is 2.21. The first-order valence-electron chi connectivity index (χ1n) is 7.27. The molecule has 0 radical (unpaired) electrons. The first kappa shape index (κ1) is 15.4. The number of ether oxygens (including phenoxy) is 1. The van der Waals surface area contributed by atoms with Crippen molar-refractivity contribution < 1.29 is 9.53 Å². The minimum atomic E-state index is -0.474. The Labute approximate surface area is 111 Å². The number of hydrogen-bond acceptors (Lipinski definition) is 4. The van der Waals surface area contributed by atoms with Crippen LogP contribution in [0.2, 0.25) is 0 Å². The van der Waals surface area contributed by atoms with E-state index in [1.165, 1.54) is 38.5 Å². The molecule has 4 nitrogen and oxygen atoms in total. The molecule has 0 aliphatic heterocycles. The van der Waals surface area contributed by atoms with E-state index in [1.807, 2.05) is 6.92 Å². The Balaban J connectivity index is 2.26. The molecular formula is C14H28N2O2. The Bertz CT molecular complexity index is 238. The van der Waals surface area contributed by atoms with E-state index in [0.29, 0.717) is 19.1 Å². The van der Waals surface area contributed by atoms with Crippen LogP contribution < -0.4 is 5.73 Å². The number of carbonyl (C=O) groups is 1. The number of nitrogens with two attached hydrogens (primary N) is 1. The Morgan fingerprint density at radius 2 is 1.94 bits per heavy atom. The van der Waals surface area contributed by atoms with Crippen LogP contribution in [0.3, 0.4) is 0 Å². The second-order valence-electron chi connectivity index (χ2n) is 5.27. The van der Waals surface area contributed by atoms with Crippen LogP contribution in [0.15, 0.2) is 0 Å². The van der Waals surface area contributed by atoms with E-state index in [2.05, 4.69) is 11.9 Å². The summed E-state index contributed by atoms with van der Waals surface area (Å²) in [7, 11) is 2.15. The van der Waals surface area contributed by atoms with Crippen molar-refractivity contribution >= 4 is 5.97 Å². The van der Waals surface area contributed by atoms with Crippen LogP contribution in [0.4, 0.5) is 0 Å². The van der Waals surface area contributed by atoms with Gasteiger partial charge in [-0.05, 0) is 33.2 Å². The topological polar surface area (TPSA) is 55.6 Å². The minimum absolute atomic E-state index is 0.272. The van der Waals surface area contributed by atoms with Crippen molar-refractivity contribution in [3.63, 3.8) is 0 Å². The van der Waals surface area contributed by atoms with E-state index in [1.54, 1.807) is 0 Å². The van der Waals surface area contributed by atoms with Gasteiger partial charge < -0.3 is 15.4 Å². The van der Waals surface area contributed by atoms with Crippen LogP contribution in [0.1, 0.15) is 51.9 Å². The van der Waals surface area contributed by atoms with Gasteiger partial charge in [-0.3, -0.25) is 4.79 Å². The Hall–Kier alpha value is -0.610. The van der Waals surface area contributed by atoms with Crippen LogP contribution in [0.25, 0.3) is 0 Å². The highest BCUT2D eigenvalue weighted by atomic mass is 16.5. The standard InChI is InChI=1S/C14H28N2O2/c1-3-18-14(17)13(15)10-11-16(2)12-8-6-4-5-7-9-12/h12-13H,3-11,15H2,1-2H3. The van der Waals surface area contributed by atoms with Crippen LogP contribution in [0, 0.1) is 0 Å². The molecule has 0 bridgehead atoms. The molecule has 2 N–H and O–H groups in total. The molecule has 0 aromatic heterocycles. The van der Waals surface area contributed by atoms with Gasteiger partial charge in [-0.2, -0.15) is 0 Å². The van der Waals surface area contributed by atoms with Gasteiger partial charge in [-0.1, -0.05) is 25.7 Å². The molecule has 0 saturated heterocycles. The number of rotatable bonds is 6. The molecule has 4 heteroatoms. The quantitative estimate of drug-likeness (QED) is 0.583. The molecule has 0 aromatic carbocycles. The van der Waals surface area contributed by atoms with Crippen molar-refractivity contribution in [1.29, 1.82) is 0 Å². The van der Waals surface area contributed by atoms with Crippen molar-refractivity contribution in [2.45, 2.75) is 64.0 Å². The third kappa shape index (κ3) is 5.36. The number of hydrogen-bond donors (Lipinski definition) is 1. The van der Waals surface area contributed by atoms with Gasteiger partial charge in [0.05, 0.1) is 6.61 Å².